The largest absolute Gasteiger partial charge is 0.411 e. The minimum Gasteiger partial charge on any atom is -0.411 e. The summed E-state index contributed by atoms with van der Waals surface area (Å²) in [5, 5.41) is 12.0. The van der Waals surface area contributed by atoms with Crippen LogP contribution in [0.25, 0.3) is 17.1 Å². The summed E-state index contributed by atoms with van der Waals surface area (Å²) in [4.78, 5) is 26.2. The number of H-pyrrole nitrogens is 1. The Labute approximate surface area is 183 Å². The summed E-state index contributed by atoms with van der Waals surface area (Å²) in [7, 11) is 0. The first-order chi connectivity index (χ1) is 16.1. The fraction of sp³-hybridized carbons (Fsp3) is 0.143. The van der Waals surface area contributed by atoms with Gasteiger partial charge in [0.1, 0.15) is 6.04 Å². The second-order valence-corrected chi connectivity index (χ2v) is 7.42. The molecule has 12 heteroatoms. The number of aromatic nitrogens is 7. The standard InChI is InChI=1S/C21H14F2N8O2/c22-12-4-2-7-24-16(12)19-27-28-20(33-19)21(32)30-8-6-13-17(26-10-25-13)18(30)14-9-11-3-1-5-15(23)31(11)29-14/h1-5,7,9-10,18H,6,8H2,(H,25,26). The SMILES string of the molecule is O=C(c1nnc(-c2ncccc2F)o1)N1CCc2[nH]cnc2C1c1cc2cccc(F)n2n1. The van der Waals surface area contributed by atoms with Crippen molar-refractivity contribution in [1.29, 1.82) is 0 Å². The Hall–Kier alpha value is -4.48. The Morgan fingerprint density at radius 3 is 2.91 bits per heavy atom. The molecule has 0 radical (unpaired) electrons. The van der Waals surface area contributed by atoms with Crippen LogP contribution >= 0.6 is 0 Å². The molecule has 0 fully saturated rings. The Morgan fingerprint density at radius 2 is 2.06 bits per heavy atom. The van der Waals surface area contributed by atoms with Gasteiger partial charge in [0.15, 0.2) is 11.5 Å². The van der Waals surface area contributed by atoms with Gasteiger partial charge in [0, 0.05) is 24.9 Å². The van der Waals surface area contributed by atoms with Gasteiger partial charge in [0.2, 0.25) is 5.95 Å². The number of hydrogen-bond donors (Lipinski definition) is 1. The van der Waals surface area contributed by atoms with E-state index in [2.05, 4.69) is 30.2 Å². The highest BCUT2D eigenvalue weighted by atomic mass is 19.1. The summed E-state index contributed by atoms with van der Waals surface area (Å²) in [6.07, 6.45) is 3.43. The van der Waals surface area contributed by atoms with Crippen molar-refractivity contribution in [3.05, 3.63) is 83.7 Å². The number of halogens is 2. The van der Waals surface area contributed by atoms with Crippen molar-refractivity contribution >= 4 is 11.4 Å². The average Bonchev–Trinajstić information content (AvgIpc) is 3.57. The van der Waals surface area contributed by atoms with Gasteiger partial charge in [-0.05, 0) is 30.3 Å². The molecule has 1 N–H and O–H groups in total. The molecule has 0 aromatic carbocycles. The van der Waals surface area contributed by atoms with Crippen molar-refractivity contribution < 1.29 is 18.0 Å². The maximum absolute atomic E-state index is 14.2. The zero-order chi connectivity index (χ0) is 22.5. The van der Waals surface area contributed by atoms with Gasteiger partial charge >= 0.3 is 11.8 Å². The van der Waals surface area contributed by atoms with E-state index >= 15 is 0 Å². The van der Waals surface area contributed by atoms with Crippen molar-refractivity contribution in [2.75, 3.05) is 6.54 Å². The number of rotatable bonds is 3. The van der Waals surface area contributed by atoms with Crippen molar-refractivity contribution in [2.24, 2.45) is 0 Å². The molecule has 0 bridgehead atoms. The first-order valence-electron chi connectivity index (χ1n) is 10.0. The third-order valence-electron chi connectivity index (χ3n) is 5.49. The van der Waals surface area contributed by atoms with Crippen LogP contribution in [0.2, 0.25) is 0 Å². The normalized spacial score (nSPS) is 15.7. The van der Waals surface area contributed by atoms with E-state index in [1.54, 1.807) is 18.2 Å². The summed E-state index contributed by atoms with van der Waals surface area (Å²) in [5.74, 6) is -2.30. The third kappa shape index (κ3) is 3.06. The van der Waals surface area contributed by atoms with Gasteiger partial charge in [-0.2, -0.15) is 9.49 Å². The summed E-state index contributed by atoms with van der Waals surface area (Å²) < 4.78 is 34.9. The lowest BCUT2D eigenvalue weighted by molar-refractivity contribution is 0.0646. The summed E-state index contributed by atoms with van der Waals surface area (Å²) in [6, 6.07) is 8.20. The minimum absolute atomic E-state index is 0.148. The van der Waals surface area contributed by atoms with Crippen LogP contribution in [0.4, 0.5) is 8.78 Å². The number of fused-ring (bicyclic) bond motifs is 2. The zero-order valence-corrected chi connectivity index (χ0v) is 16.8. The van der Waals surface area contributed by atoms with Crippen molar-refractivity contribution in [3.63, 3.8) is 0 Å². The first-order valence-corrected chi connectivity index (χ1v) is 10.0. The van der Waals surface area contributed by atoms with E-state index in [4.69, 9.17) is 4.42 Å². The van der Waals surface area contributed by atoms with E-state index in [-0.39, 0.29) is 17.5 Å². The molecule has 6 heterocycles. The van der Waals surface area contributed by atoms with Crippen molar-refractivity contribution in [3.8, 4) is 11.6 Å². The van der Waals surface area contributed by atoms with Gasteiger partial charge in [0.25, 0.3) is 5.89 Å². The number of imidazole rings is 1. The van der Waals surface area contributed by atoms with Crippen LogP contribution in [0.15, 0.2) is 53.3 Å². The lowest BCUT2D eigenvalue weighted by atomic mass is 9.99. The molecular weight excluding hydrogens is 434 g/mol. The van der Waals surface area contributed by atoms with Crippen LogP contribution in [-0.4, -0.2) is 52.1 Å². The Morgan fingerprint density at radius 1 is 1.15 bits per heavy atom. The fourth-order valence-corrected chi connectivity index (χ4v) is 4.00. The first kappa shape index (κ1) is 19.2. The molecule has 0 saturated heterocycles. The number of nitrogens with zero attached hydrogens (tertiary/aromatic N) is 7. The molecule has 0 aliphatic carbocycles. The Balaban J connectivity index is 1.41. The van der Waals surface area contributed by atoms with Gasteiger partial charge in [-0.1, -0.05) is 6.07 Å². The number of amides is 1. The number of aromatic amines is 1. The molecule has 10 nitrogen and oxygen atoms in total. The minimum atomic E-state index is -0.714. The van der Waals surface area contributed by atoms with E-state index in [0.717, 1.165) is 10.2 Å². The van der Waals surface area contributed by atoms with E-state index < -0.39 is 23.7 Å². The number of pyridine rings is 2. The molecule has 1 aliphatic rings. The molecule has 33 heavy (non-hydrogen) atoms. The van der Waals surface area contributed by atoms with E-state index in [9.17, 15) is 13.6 Å². The predicted molar refractivity (Wildman–Crippen MR) is 108 cm³/mol. The van der Waals surface area contributed by atoms with Crippen LogP contribution in [0.3, 0.4) is 0 Å². The van der Waals surface area contributed by atoms with Crippen LogP contribution in [0.5, 0.6) is 0 Å². The predicted octanol–water partition coefficient (Wildman–Crippen LogP) is 2.57. The highest BCUT2D eigenvalue weighted by Gasteiger charge is 2.38. The van der Waals surface area contributed by atoms with Crippen LogP contribution in [-0.2, 0) is 6.42 Å². The molecule has 0 spiro atoms. The molecule has 5 aromatic rings. The molecule has 1 amide bonds. The molecule has 0 saturated carbocycles. The number of hydrogen-bond acceptors (Lipinski definition) is 7. The Bertz CT molecular complexity index is 1510. The smallest absolute Gasteiger partial charge is 0.312 e. The van der Waals surface area contributed by atoms with E-state index in [1.165, 1.54) is 35.6 Å². The summed E-state index contributed by atoms with van der Waals surface area (Å²) in [6.45, 7) is 0.296. The molecule has 1 atom stereocenters. The number of carbonyl (C=O) groups excluding carboxylic acids is 1. The van der Waals surface area contributed by atoms with Crippen LogP contribution < -0.4 is 0 Å². The summed E-state index contributed by atoms with van der Waals surface area (Å²) in [5.41, 5.74) is 2.25. The Kier molecular flexibility index (Phi) is 4.25. The van der Waals surface area contributed by atoms with Gasteiger partial charge in [-0.15, -0.1) is 10.2 Å². The molecule has 1 unspecified atom stereocenters. The molecule has 1 aliphatic heterocycles. The van der Waals surface area contributed by atoms with E-state index in [0.29, 0.717) is 29.9 Å². The monoisotopic (exact) mass is 448 g/mol. The second-order valence-electron chi connectivity index (χ2n) is 7.42. The second kappa shape index (κ2) is 7.29. The highest BCUT2D eigenvalue weighted by Crippen LogP contribution is 2.34. The maximum Gasteiger partial charge on any atom is 0.312 e. The van der Waals surface area contributed by atoms with Gasteiger partial charge in [-0.3, -0.25) is 4.79 Å². The van der Waals surface area contributed by atoms with Gasteiger partial charge in [-0.25, -0.2) is 18.9 Å². The number of carbonyl (C=O) groups is 1. The summed E-state index contributed by atoms with van der Waals surface area (Å²) >= 11 is 0. The molecule has 164 valence electrons. The molecule has 6 rings (SSSR count). The van der Waals surface area contributed by atoms with Crippen LogP contribution in [0, 0.1) is 11.8 Å². The molecule has 5 aromatic heterocycles. The lowest BCUT2D eigenvalue weighted by Crippen LogP contribution is -2.41. The van der Waals surface area contributed by atoms with Crippen LogP contribution in [0.1, 0.15) is 33.8 Å². The maximum atomic E-state index is 14.2. The van der Waals surface area contributed by atoms with Gasteiger partial charge < -0.3 is 14.3 Å². The third-order valence-corrected chi connectivity index (χ3v) is 5.49. The zero-order valence-electron chi connectivity index (χ0n) is 16.8. The van der Waals surface area contributed by atoms with E-state index in [1.807, 2.05) is 0 Å². The topological polar surface area (TPSA) is 118 Å². The molecular formula is C21H14F2N8O2. The fourth-order valence-electron chi connectivity index (χ4n) is 4.00. The lowest BCUT2D eigenvalue weighted by Gasteiger charge is -2.32. The number of nitrogens with one attached hydrogen (secondary N) is 1. The highest BCUT2D eigenvalue weighted by molar-refractivity contribution is 5.90. The van der Waals surface area contributed by atoms with Crippen molar-refractivity contribution in [1.82, 2.24) is 39.7 Å². The average molecular weight is 448 g/mol. The quantitative estimate of drug-likeness (QED) is 0.422. The van der Waals surface area contributed by atoms with Gasteiger partial charge in [0.05, 0.1) is 23.2 Å². The van der Waals surface area contributed by atoms with Crippen molar-refractivity contribution in [2.45, 2.75) is 12.5 Å².